The van der Waals surface area contributed by atoms with Gasteiger partial charge >= 0.3 is 0 Å². The largest absolute Gasteiger partial charge is 0.388 e. The molecule has 1 saturated carbocycles. The van der Waals surface area contributed by atoms with Crippen LogP contribution >= 0.6 is 0 Å². The normalized spacial score (nSPS) is 23.3. The Bertz CT molecular complexity index is 481. The molecule has 0 saturated heterocycles. The summed E-state index contributed by atoms with van der Waals surface area (Å²) in [5.74, 6) is 1.84. The highest BCUT2D eigenvalue weighted by Gasteiger charge is 2.43. The van der Waals surface area contributed by atoms with Crippen LogP contribution in [-0.4, -0.2) is 15.2 Å². The monoisotopic (exact) mass is 216 g/mol. The molecule has 1 aromatic carbocycles. The summed E-state index contributed by atoms with van der Waals surface area (Å²) in [7, 11) is 0. The molecule has 1 heterocycles. The maximum Gasteiger partial charge on any atom is 0.230 e. The van der Waals surface area contributed by atoms with E-state index in [9.17, 15) is 0 Å². The second kappa shape index (κ2) is 3.72. The fourth-order valence-corrected chi connectivity index (χ4v) is 2.02. The van der Waals surface area contributed by atoms with Crippen molar-refractivity contribution >= 4 is 0 Å². The van der Waals surface area contributed by atoms with E-state index in [0.717, 1.165) is 6.42 Å². The van der Waals surface area contributed by atoms with E-state index < -0.39 is 0 Å². The minimum atomic E-state index is -0.160. The Labute approximate surface area is 92.9 Å². The summed E-state index contributed by atoms with van der Waals surface area (Å²) < 4.78 is 5.11. The lowest BCUT2D eigenvalue weighted by atomic mass is 10.1. The molecule has 2 atom stereocenters. The van der Waals surface area contributed by atoms with Crippen LogP contribution in [0.25, 0.3) is 0 Å². The van der Waals surface area contributed by atoms with Gasteiger partial charge < -0.3 is 9.63 Å². The van der Waals surface area contributed by atoms with Crippen molar-refractivity contribution in [3.63, 3.8) is 0 Å². The Morgan fingerprint density at radius 3 is 2.75 bits per heavy atom. The maximum atomic E-state index is 8.85. The molecule has 82 valence electrons. The fraction of sp³-hybridized carbons (Fsp3) is 0.333. The lowest BCUT2D eigenvalue weighted by Crippen LogP contribution is -1.87. The van der Waals surface area contributed by atoms with Crippen molar-refractivity contribution in [3.8, 4) is 0 Å². The minimum Gasteiger partial charge on any atom is -0.388 e. The molecule has 4 nitrogen and oxygen atoms in total. The third-order valence-corrected chi connectivity index (χ3v) is 2.96. The van der Waals surface area contributed by atoms with Crippen molar-refractivity contribution < 1.29 is 9.63 Å². The molecule has 0 bridgehead atoms. The van der Waals surface area contributed by atoms with Gasteiger partial charge in [0.2, 0.25) is 5.89 Å². The van der Waals surface area contributed by atoms with Gasteiger partial charge in [0.1, 0.15) is 6.61 Å². The number of hydrogen-bond acceptors (Lipinski definition) is 4. The second-order valence-corrected chi connectivity index (χ2v) is 4.07. The first-order chi connectivity index (χ1) is 7.88. The summed E-state index contributed by atoms with van der Waals surface area (Å²) in [6.07, 6.45) is 1.05. The zero-order chi connectivity index (χ0) is 11.0. The number of aliphatic hydroxyl groups excluding tert-OH is 1. The van der Waals surface area contributed by atoms with Crippen molar-refractivity contribution in [2.75, 3.05) is 0 Å². The first-order valence-electron chi connectivity index (χ1n) is 5.37. The van der Waals surface area contributed by atoms with E-state index in [1.54, 1.807) is 0 Å². The van der Waals surface area contributed by atoms with Gasteiger partial charge in [0.25, 0.3) is 0 Å². The molecule has 1 aliphatic rings. The van der Waals surface area contributed by atoms with Gasteiger partial charge in [-0.05, 0) is 17.9 Å². The van der Waals surface area contributed by atoms with Crippen LogP contribution < -0.4 is 0 Å². The van der Waals surface area contributed by atoms with E-state index in [2.05, 4.69) is 22.3 Å². The Morgan fingerprint density at radius 2 is 2.06 bits per heavy atom. The minimum absolute atomic E-state index is 0.160. The lowest BCUT2D eigenvalue weighted by Gasteiger charge is -1.96. The molecule has 3 rings (SSSR count). The third kappa shape index (κ3) is 1.61. The predicted octanol–water partition coefficient (Wildman–Crippen LogP) is 1.83. The van der Waals surface area contributed by atoms with Crippen molar-refractivity contribution in [1.29, 1.82) is 0 Å². The van der Waals surface area contributed by atoms with Gasteiger partial charge in [0.05, 0.1) is 0 Å². The van der Waals surface area contributed by atoms with Crippen LogP contribution in [0.3, 0.4) is 0 Å². The van der Waals surface area contributed by atoms with Crippen molar-refractivity contribution in [1.82, 2.24) is 10.1 Å². The molecule has 16 heavy (non-hydrogen) atoms. The molecule has 4 heteroatoms. The molecular weight excluding hydrogens is 204 g/mol. The maximum absolute atomic E-state index is 8.85. The van der Waals surface area contributed by atoms with E-state index in [1.165, 1.54) is 5.56 Å². The van der Waals surface area contributed by atoms with E-state index in [0.29, 0.717) is 23.6 Å². The number of aliphatic hydroxyl groups is 1. The van der Waals surface area contributed by atoms with Gasteiger partial charge in [-0.2, -0.15) is 4.98 Å². The Kier molecular flexibility index (Phi) is 2.22. The standard InChI is InChI=1S/C12H12N2O2/c15-7-11-13-12(16-14-11)10-6-9(10)8-4-2-1-3-5-8/h1-5,9-10,15H,6-7H2. The molecular formula is C12H12N2O2. The van der Waals surface area contributed by atoms with Gasteiger partial charge in [0, 0.05) is 5.92 Å². The van der Waals surface area contributed by atoms with Gasteiger partial charge in [-0.1, -0.05) is 35.5 Å². The van der Waals surface area contributed by atoms with Crippen molar-refractivity contribution in [2.45, 2.75) is 24.9 Å². The molecule has 0 spiro atoms. The van der Waals surface area contributed by atoms with E-state index in [1.807, 2.05) is 18.2 Å². The highest BCUT2D eigenvalue weighted by atomic mass is 16.5. The summed E-state index contributed by atoms with van der Waals surface area (Å²) in [6.45, 7) is -0.160. The molecule has 1 aliphatic carbocycles. The first kappa shape index (κ1) is 9.54. The summed E-state index contributed by atoms with van der Waals surface area (Å²) >= 11 is 0. The predicted molar refractivity (Wildman–Crippen MR) is 56.8 cm³/mol. The van der Waals surface area contributed by atoms with Gasteiger partial charge in [0.15, 0.2) is 5.82 Å². The highest BCUT2D eigenvalue weighted by molar-refractivity contribution is 5.30. The number of hydrogen-bond donors (Lipinski definition) is 1. The van der Waals surface area contributed by atoms with Gasteiger partial charge in [-0.3, -0.25) is 0 Å². The lowest BCUT2D eigenvalue weighted by molar-refractivity contribution is 0.262. The zero-order valence-electron chi connectivity index (χ0n) is 8.71. The number of rotatable bonds is 3. The van der Waals surface area contributed by atoms with Crippen molar-refractivity contribution in [3.05, 3.63) is 47.6 Å². The van der Waals surface area contributed by atoms with Gasteiger partial charge in [-0.15, -0.1) is 0 Å². The zero-order valence-corrected chi connectivity index (χ0v) is 8.71. The van der Waals surface area contributed by atoms with Crippen LogP contribution in [0.15, 0.2) is 34.9 Å². The van der Waals surface area contributed by atoms with Crippen LogP contribution in [0.5, 0.6) is 0 Å². The van der Waals surface area contributed by atoms with Crippen LogP contribution in [0.2, 0.25) is 0 Å². The average Bonchev–Trinajstić information content (AvgIpc) is 3.01. The summed E-state index contributed by atoms with van der Waals surface area (Å²) in [6, 6.07) is 10.3. The van der Waals surface area contributed by atoms with Crippen LogP contribution in [-0.2, 0) is 6.61 Å². The third-order valence-electron chi connectivity index (χ3n) is 2.96. The number of nitrogens with zero attached hydrogens (tertiary/aromatic N) is 2. The fourth-order valence-electron chi connectivity index (χ4n) is 2.02. The van der Waals surface area contributed by atoms with Crippen molar-refractivity contribution in [2.24, 2.45) is 0 Å². The van der Waals surface area contributed by atoms with Crippen LogP contribution in [0.1, 0.15) is 35.5 Å². The molecule has 1 aromatic heterocycles. The molecule has 0 amide bonds. The van der Waals surface area contributed by atoms with E-state index >= 15 is 0 Å². The molecule has 0 aliphatic heterocycles. The molecule has 2 aromatic rings. The Hall–Kier alpha value is -1.68. The molecule has 2 unspecified atom stereocenters. The first-order valence-corrected chi connectivity index (χ1v) is 5.37. The van der Waals surface area contributed by atoms with Crippen LogP contribution in [0, 0.1) is 0 Å². The summed E-state index contributed by atoms with van der Waals surface area (Å²) in [5, 5.41) is 12.5. The summed E-state index contributed by atoms with van der Waals surface area (Å²) in [4.78, 5) is 4.14. The molecule has 1 N–H and O–H groups in total. The molecule has 0 radical (unpaired) electrons. The van der Waals surface area contributed by atoms with Gasteiger partial charge in [-0.25, -0.2) is 0 Å². The number of aromatic nitrogens is 2. The quantitative estimate of drug-likeness (QED) is 0.850. The Morgan fingerprint density at radius 1 is 1.25 bits per heavy atom. The van der Waals surface area contributed by atoms with Crippen LogP contribution in [0.4, 0.5) is 0 Å². The Balaban J connectivity index is 1.76. The number of benzene rings is 1. The second-order valence-electron chi connectivity index (χ2n) is 4.07. The molecule has 1 fully saturated rings. The average molecular weight is 216 g/mol. The highest BCUT2D eigenvalue weighted by Crippen LogP contribution is 2.53. The van der Waals surface area contributed by atoms with E-state index in [4.69, 9.17) is 9.63 Å². The summed E-state index contributed by atoms with van der Waals surface area (Å²) in [5.41, 5.74) is 1.32. The SMILES string of the molecule is OCc1noc(C2CC2c2ccccc2)n1. The smallest absolute Gasteiger partial charge is 0.230 e. The van der Waals surface area contributed by atoms with E-state index in [-0.39, 0.29) is 6.61 Å². The topological polar surface area (TPSA) is 59.2 Å².